The molecule has 128 valence electrons. The van der Waals surface area contributed by atoms with Gasteiger partial charge in [0, 0.05) is 38.8 Å². The quantitative estimate of drug-likeness (QED) is 0.873. The average molecular weight is 318 g/mol. The van der Waals surface area contributed by atoms with E-state index in [1.165, 1.54) is 32.1 Å². The zero-order valence-corrected chi connectivity index (χ0v) is 14.1. The number of hydrogen-bond donors (Lipinski definition) is 1. The normalized spacial score (nSPS) is 22.8. The van der Waals surface area contributed by atoms with E-state index in [1.807, 2.05) is 30.3 Å². The minimum Gasteiger partial charge on any atom is -0.491 e. The lowest BCUT2D eigenvalue weighted by Gasteiger charge is -2.41. The third kappa shape index (κ3) is 5.20. The fourth-order valence-corrected chi connectivity index (χ4v) is 3.82. The van der Waals surface area contributed by atoms with Gasteiger partial charge in [-0.3, -0.25) is 9.80 Å². The van der Waals surface area contributed by atoms with Crippen LogP contribution in [0.1, 0.15) is 32.1 Å². The number of hydrogen-bond acceptors (Lipinski definition) is 4. The van der Waals surface area contributed by atoms with Crippen molar-refractivity contribution in [1.82, 2.24) is 9.80 Å². The van der Waals surface area contributed by atoms with Crippen molar-refractivity contribution in [1.29, 1.82) is 0 Å². The summed E-state index contributed by atoms with van der Waals surface area (Å²) in [7, 11) is 0. The SMILES string of the molecule is OC(COc1ccccc1)CN1CCN(C2CCCCC2)CC1. The summed E-state index contributed by atoms with van der Waals surface area (Å²) in [5, 5.41) is 10.2. The molecule has 1 saturated carbocycles. The van der Waals surface area contributed by atoms with Crippen LogP contribution in [0.4, 0.5) is 0 Å². The van der Waals surface area contributed by atoms with Gasteiger partial charge in [-0.1, -0.05) is 37.5 Å². The van der Waals surface area contributed by atoms with E-state index in [0.717, 1.165) is 38.0 Å². The number of piperazine rings is 1. The van der Waals surface area contributed by atoms with Crippen LogP contribution in [-0.2, 0) is 0 Å². The Labute approximate surface area is 140 Å². The molecule has 1 aliphatic heterocycles. The Morgan fingerprint density at radius 1 is 1.00 bits per heavy atom. The molecule has 4 heteroatoms. The van der Waals surface area contributed by atoms with Gasteiger partial charge in [0.05, 0.1) is 0 Å². The van der Waals surface area contributed by atoms with E-state index < -0.39 is 6.10 Å². The fourth-order valence-electron chi connectivity index (χ4n) is 3.82. The maximum Gasteiger partial charge on any atom is 0.119 e. The van der Waals surface area contributed by atoms with Crippen LogP contribution in [0.5, 0.6) is 5.75 Å². The predicted octanol–water partition coefficient (Wildman–Crippen LogP) is 2.38. The molecule has 1 atom stereocenters. The van der Waals surface area contributed by atoms with Gasteiger partial charge in [-0.2, -0.15) is 0 Å². The minimum absolute atomic E-state index is 0.368. The first-order valence-electron chi connectivity index (χ1n) is 9.13. The largest absolute Gasteiger partial charge is 0.491 e. The molecule has 4 nitrogen and oxygen atoms in total. The highest BCUT2D eigenvalue weighted by Gasteiger charge is 2.25. The van der Waals surface area contributed by atoms with Gasteiger partial charge in [0.1, 0.15) is 18.5 Å². The van der Waals surface area contributed by atoms with E-state index in [-0.39, 0.29) is 0 Å². The standard InChI is InChI=1S/C19H30N2O2/c22-18(16-23-19-9-5-2-6-10-19)15-20-11-13-21(14-12-20)17-7-3-1-4-8-17/h2,5-6,9-10,17-18,22H,1,3-4,7-8,11-16H2. The lowest BCUT2D eigenvalue weighted by Crippen LogP contribution is -2.52. The van der Waals surface area contributed by atoms with Crippen LogP contribution >= 0.6 is 0 Å². The molecule has 0 radical (unpaired) electrons. The van der Waals surface area contributed by atoms with Gasteiger partial charge in [0.2, 0.25) is 0 Å². The Morgan fingerprint density at radius 3 is 2.39 bits per heavy atom. The number of rotatable bonds is 6. The number of nitrogens with zero attached hydrogens (tertiary/aromatic N) is 2. The van der Waals surface area contributed by atoms with Crippen molar-refractivity contribution < 1.29 is 9.84 Å². The van der Waals surface area contributed by atoms with E-state index in [9.17, 15) is 5.11 Å². The molecule has 0 aromatic heterocycles. The first-order chi connectivity index (χ1) is 11.3. The van der Waals surface area contributed by atoms with Crippen molar-refractivity contribution in [2.45, 2.75) is 44.2 Å². The van der Waals surface area contributed by atoms with E-state index in [1.54, 1.807) is 0 Å². The summed E-state index contributed by atoms with van der Waals surface area (Å²) in [4.78, 5) is 5.04. The molecule has 1 heterocycles. The summed E-state index contributed by atoms with van der Waals surface area (Å²) in [6.45, 7) is 5.52. The van der Waals surface area contributed by atoms with Crippen molar-refractivity contribution in [2.75, 3.05) is 39.3 Å². The van der Waals surface area contributed by atoms with Crippen molar-refractivity contribution in [3.05, 3.63) is 30.3 Å². The molecule has 1 aromatic carbocycles. The van der Waals surface area contributed by atoms with Gasteiger partial charge in [-0.25, -0.2) is 0 Å². The summed E-state index contributed by atoms with van der Waals surface area (Å²) in [5.74, 6) is 0.827. The Balaban J connectivity index is 1.35. The number of aliphatic hydroxyl groups is 1. The number of ether oxygens (including phenoxy) is 1. The van der Waals surface area contributed by atoms with Crippen molar-refractivity contribution in [3.63, 3.8) is 0 Å². The second kappa shape index (κ2) is 8.67. The molecule has 2 fully saturated rings. The summed E-state index contributed by atoms with van der Waals surface area (Å²) in [5.41, 5.74) is 0. The molecular formula is C19H30N2O2. The third-order valence-corrected chi connectivity index (χ3v) is 5.15. The molecule has 2 aliphatic rings. The smallest absolute Gasteiger partial charge is 0.119 e. The Hall–Kier alpha value is -1.10. The molecule has 1 unspecified atom stereocenters. The molecule has 0 spiro atoms. The highest BCUT2D eigenvalue weighted by atomic mass is 16.5. The monoisotopic (exact) mass is 318 g/mol. The Bertz CT molecular complexity index is 440. The van der Waals surface area contributed by atoms with Gasteiger partial charge in [0.25, 0.3) is 0 Å². The molecule has 1 aromatic rings. The van der Waals surface area contributed by atoms with E-state index in [4.69, 9.17) is 4.74 Å². The van der Waals surface area contributed by atoms with Crippen LogP contribution in [0.15, 0.2) is 30.3 Å². The average Bonchev–Trinajstić information content (AvgIpc) is 2.62. The maximum atomic E-state index is 10.2. The first kappa shape index (κ1) is 16.7. The highest BCUT2D eigenvalue weighted by Crippen LogP contribution is 2.23. The topological polar surface area (TPSA) is 35.9 Å². The fraction of sp³-hybridized carbons (Fsp3) is 0.684. The lowest BCUT2D eigenvalue weighted by molar-refractivity contribution is 0.0312. The molecule has 23 heavy (non-hydrogen) atoms. The summed E-state index contributed by atoms with van der Waals surface area (Å²) >= 11 is 0. The number of benzene rings is 1. The van der Waals surface area contributed by atoms with Gasteiger partial charge in [-0.05, 0) is 25.0 Å². The Morgan fingerprint density at radius 2 is 1.70 bits per heavy atom. The predicted molar refractivity (Wildman–Crippen MR) is 92.8 cm³/mol. The van der Waals surface area contributed by atoms with Gasteiger partial charge < -0.3 is 9.84 Å². The molecule has 0 bridgehead atoms. The summed E-state index contributed by atoms with van der Waals surface area (Å²) < 4.78 is 5.64. The van der Waals surface area contributed by atoms with Gasteiger partial charge >= 0.3 is 0 Å². The molecular weight excluding hydrogens is 288 g/mol. The van der Waals surface area contributed by atoms with Crippen LogP contribution in [0.25, 0.3) is 0 Å². The first-order valence-corrected chi connectivity index (χ1v) is 9.13. The third-order valence-electron chi connectivity index (χ3n) is 5.15. The second-order valence-electron chi connectivity index (χ2n) is 6.91. The second-order valence-corrected chi connectivity index (χ2v) is 6.91. The zero-order valence-electron chi connectivity index (χ0n) is 14.1. The Kier molecular flexibility index (Phi) is 6.31. The van der Waals surface area contributed by atoms with Crippen molar-refractivity contribution >= 4 is 0 Å². The van der Waals surface area contributed by atoms with E-state index >= 15 is 0 Å². The number of para-hydroxylation sites is 1. The maximum absolute atomic E-state index is 10.2. The van der Waals surface area contributed by atoms with Gasteiger partial charge in [0.15, 0.2) is 0 Å². The van der Waals surface area contributed by atoms with Gasteiger partial charge in [-0.15, -0.1) is 0 Å². The number of β-amino-alcohol motifs (C(OH)–C–C–N with tert-alkyl or cyclic N) is 1. The van der Waals surface area contributed by atoms with Crippen LogP contribution in [0, 0.1) is 0 Å². The van der Waals surface area contributed by atoms with Crippen LogP contribution in [-0.4, -0.2) is 66.4 Å². The molecule has 0 amide bonds. The minimum atomic E-state index is -0.420. The molecule has 1 N–H and O–H groups in total. The van der Waals surface area contributed by atoms with E-state index in [2.05, 4.69) is 9.80 Å². The molecule has 3 rings (SSSR count). The molecule has 1 aliphatic carbocycles. The van der Waals surface area contributed by atoms with E-state index in [0.29, 0.717) is 13.2 Å². The highest BCUT2D eigenvalue weighted by molar-refractivity contribution is 5.20. The van der Waals surface area contributed by atoms with Crippen LogP contribution in [0.2, 0.25) is 0 Å². The molecule has 1 saturated heterocycles. The summed E-state index contributed by atoms with van der Waals surface area (Å²) in [6.07, 6.45) is 6.57. The number of aliphatic hydroxyl groups excluding tert-OH is 1. The van der Waals surface area contributed by atoms with Crippen LogP contribution in [0.3, 0.4) is 0 Å². The van der Waals surface area contributed by atoms with Crippen LogP contribution < -0.4 is 4.74 Å². The summed E-state index contributed by atoms with van der Waals surface area (Å²) in [6, 6.07) is 10.5. The lowest BCUT2D eigenvalue weighted by atomic mass is 9.94. The van der Waals surface area contributed by atoms with Crippen molar-refractivity contribution in [3.8, 4) is 5.75 Å². The zero-order chi connectivity index (χ0) is 15.9. The van der Waals surface area contributed by atoms with Crippen molar-refractivity contribution in [2.24, 2.45) is 0 Å².